The second kappa shape index (κ2) is 7.85. The van der Waals surface area contributed by atoms with E-state index in [-0.39, 0.29) is 0 Å². The van der Waals surface area contributed by atoms with Crippen LogP contribution < -0.4 is 5.32 Å². The zero-order valence-corrected chi connectivity index (χ0v) is 10.6. The molecule has 0 aliphatic rings. The third-order valence-electron chi connectivity index (χ3n) is 2.38. The van der Waals surface area contributed by atoms with Gasteiger partial charge in [-0.25, -0.2) is 0 Å². The summed E-state index contributed by atoms with van der Waals surface area (Å²) in [7, 11) is 2.18. The van der Waals surface area contributed by atoms with Gasteiger partial charge < -0.3 is 10.2 Å². The van der Waals surface area contributed by atoms with Gasteiger partial charge in [0.2, 0.25) is 0 Å². The van der Waals surface area contributed by atoms with E-state index >= 15 is 0 Å². The molecule has 0 saturated carbocycles. The summed E-state index contributed by atoms with van der Waals surface area (Å²) in [6.45, 7) is 6.69. The van der Waals surface area contributed by atoms with Gasteiger partial charge in [0.15, 0.2) is 0 Å². The number of hydrogen-bond donors (Lipinski definition) is 1. The molecule has 1 aromatic rings. The van der Waals surface area contributed by atoms with E-state index < -0.39 is 0 Å². The van der Waals surface area contributed by atoms with Gasteiger partial charge in [0, 0.05) is 24.5 Å². The maximum absolute atomic E-state index is 3.46. The summed E-state index contributed by atoms with van der Waals surface area (Å²) in [5.41, 5.74) is 0. The molecule has 86 valence electrons. The van der Waals surface area contributed by atoms with Crippen molar-refractivity contribution in [2.24, 2.45) is 0 Å². The largest absolute Gasteiger partial charge is 0.315 e. The van der Waals surface area contributed by atoms with Crippen LogP contribution in [0.4, 0.5) is 0 Å². The summed E-state index contributed by atoms with van der Waals surface area (Å²) in [5.74, 6) is 0. The van der Waals surface area contributed by atoms with E-state index in [4.69, 9.17) is 0 Å². The maximum Gasteiger partial charge on any atom is 0.0325 e. The lowest BCUT2D eigenvalue weighted by Gasteiger charge is -2.15. The Kier molecular flexibility index (Phi) is 6.64. The molecule has 0 unspecified atom stereocenters. The van der Waals surface area contributed by atoms with E-state index in [9.17, 15) is 0 Å². The quantitative estimate of drug-likeness (QED) is 0.685. The molecule has 1 aromatic heterocycles. The van der Waals surface area contributed by atoms with Gasteiger partial charge in [-0.3, -0.25) is 0 Å². The van der Waals surface area contributed by atoms with Crippen LogP contribution in [0.25, 0.3) is 0 Å². The summed E-state index contributed by atoms with van der Waals surface area (Å²) >= 11 is 1.84. The minimum absolute atomic E-state index is 1.08. The summed E-state index contributed by atoms with van der Waals surface area (Å²) in [5, 5.41) is 5.60. The van der Waals surface area contributed by atoms with Crippen molar-refractivity contribution in [1.82, 2.24) is 10.2 Å². The summed E-state index contributed by atoms with van der Waals surface area (Å²) < 4.78 is 0. The molecule has 0 atom stereocenters. The molecule has 1 heterocycles. The zero-order valence-electron chi connectivity index (χ0n) is 9.83. The van der Waals surface area contributed by atoms with Gasteiger partial charge in [0.05, 0.1) is 0 Å². The van der Waals surface area contributed by atoms with E-state index in [1.54, 1.807) is 0 Å². The Labute approximate surface area is 97.3 Å². The molecular formula is C12H22N2S. The summed E-state index contributed by atoms with van der Waals surface area (Å²) in [6.07, 6.45) is 2.56. The molecule has 0 amide bonds. The first-order valence-corrected chi connectivity index (χ1v) is 6.62. The van der Waals surface area contributed by atoms with Gasteiger partial charge in [-0.2, -0.15) is 0 Å². The minimum atomic E-state index is 1.08. The molecule has 0 aliphatic carbocycles. The minimum Gasteiger partial charge on any atom is -0.315 e. The monoisotopic (exact) mass is 226 g/mol. The Balaban J connectivity index is 2.01. The summed E-state index contributed by atoms with van der Waals surface area (Å²) in [6, 6.07) is 4.32. The highest BCUT2D eigenvalue weighted by Gasteiger charge is 1.99. The number of nitrogens with one attached hydrogen (secondary N) is 1. The third-order valence-corrected chi connectivity index (χ3v) is 3.24. The first-order chi connectivity index (χ1) is 7.33. The average Bonchev–Trinajstić information content (AvgIpc) is 2.70. The molecule has 2 nitrogen and oxygen atoms in total. The van der Waals surface area contributed by atoms with Gasteiger partial charge in [0.1, 0.15) is 0 Å². The fraction of sp³-hybridized carbons (Fsp3) is 0.667. The Morgan fingerprint density at radius 2 is 2.27 bits per heavy atom. The first kappa shape index (κ1) is 12.7. The normalized spacial score (nSPS) is 11.1. The molecule has 0 fully saturated rings. The smallest absolute Gasteiger partial charge is 0.0325 e. The van der Waals surface area contributed by atoms with E-state index in [0.29, 0.717) is 0 Å². The molecule has 1 rings (SSSR count). The van der Waals surface area contributed by atoms with Crippen molar-refractivity contribution < 1.29 is 0 Å². The molecule has 1 N–H and O–H groups in total. The zero-order chi connectivity index (χ0) is 10.9. The highest BCUT2D eigenvalue weighted by atomic mass is 32.1. The molecule has 0 radical (unpaired) electrons. The van der Waals surface area contributed by atoms with E-state index in [1.165, 1.54) is 17.7 Å². The van der Waals surface area contributed by atoms with Gasteiger partial charge in [-0.05, 0) is 31.5 Å². The average molecular weight is 226 g/mol. The fourth-order valence-corrected chi connectivity index (χ4v) is 2.23. The van der Waals surface area contributed by atoms with Gasteiger partial charge >= 0.3 is 0 Å². The van der Waals surface area contributed by atoms with Gasteiger partial charge in [-0.1, -0.05) is 19.4 Å². The van der Waals surface area contributed by atoms with Crippen molar-refractivity contribution in [2.75, 3.05) is 26.7 Å². The van der Waals surface area contributed by atoms with Gasteiger partial charge in [0.25, 0.3) is 0 Å². The van der Waals surface area contributed by atoms with Crippen molar-refractivity contribution in [3.8, 4) is 0 Å². The van der Waals surface area contributed by atoms with Crippen molar-refractivity contribution in [1.29, 1.82) is 0 Å². The van der Waals surface area contributed by atoms with Crippen molar-refractivity contribution in [3.63, 3.8) is 0 Å². The van der Waals surface area contributed by atoms with E-state index in [2.05, 4.69) is 41.7 Å². The van der Waals surface area contributed by atoms with Crippen LogP contribution in [0.1, 0.15) is 24.6 Å². The Morgan fingerprint density at radius 3 is 2.93 bits per heavy atom. The summed E-state index contributed by atoms with van der Waals surface area (Å²) in [4.78, 5) is 3.82. The van der Waals surface area contributed by atoms with Crippen LogP contribution in [0.15, 0.2) is 17.5 Å². The number of likely N-dealkylation sites (N-methyl/N-ethyl adjacent to an activating group) is 1. The molecule has 0 saturated heterocycles. The standard InChI is InChI=1S/C12H22N2S/c1-3-4-7-13-8-9-14(2)11-12-6-5-10-15-12/h5-6,10,13H,3-4,7-9,11H2,1-2H3. The maximum atomic E-state index is 3.46. The second-order valence-electron chi connectivity index (χ2n) is 3.92. The molecule has 0 spiro atoms. The lowest BCUT2D eigenvalue weighted by Crippen LogP contribution is -2.29. The number of thiophene rings is 1. The molecule has 15 heavy (non-hydrogen) atoms. The second-order valence-corrected chi connectivity index (χ2v) is 4.95. The molecule has 0 bridgehead atoms. The molecular weight excluding hydrogens is 204 g/mol. The predicted octanol–water partition coefficient (Wildman–Crippen LogP) is 2.57. The van der Waals surface area contributed by atoms with Gasteiger partial charge in [-0.15, -0.1) is 11.3 Å². The van der Waals surface area contributed by atoms with Crippen LogP contribution >= 0.6 is 11.3 Å². The van der Waals surface area contributed by atoms with Crippen LogP contribution in [0.5, 0.6) is 0 Å². The van der Waals surface area contributed by atoms with Crippen molar-refractivity contribution in [2.45, 2.75) is 26.3 Å². The van der Waals surface area contributed by atoms with Crippen LogP contribution in [-0.4, -0.2) is 31.6 Å². The topological polar surface area (TPSA) is 15.3 Å². The lowest BCUT2D eigenvalue weighted by molar-refractivity contribution is 0.327. The third kappa shape index (κ3) is 5.92. The first-order valence-electron chi connectivity index (χ1n) is 5.74. The predicted molar refractivity (Wildman–Crippen MR) is 68.4 cm³/mol. The van der Waals surface area contributed by atoms with Crippen LogP contribution in [0, 0.1) is 0 Å². The number of hydrogen-bond acceptors (Lipinski definition) is 3. The number of unbranched alkanes of at least 4 members (excludes halogenated alkanes) is 1. The number of rotatable bonds is 8. The van der Waals surface area contributed by atoms with E-state index in [1.807, 2.05) is 11.3 Å². The fourth-order valence-electron chi connectivity index (χ4n) is 1.44. The molecule has 0 aromatic carbocycles. The number of nitrogens with zero attached hydrogens (tertiary/aromatic N) is 1. The SMILES string of the molecule is CCCCNCCN(C)Cc1cccs1. The highest BCUT2D eigenvalue weighted by molar-refractivity contribution is 7.09. The lowest BCUT2D eigenvalue weighted by atomic mass is 10.3. The molecule has 3 heteroatoms. The van der Waals surface area contributed by atoms with Crippen molar-refractivity contribution >= 4 is 11.3 Å². The van der Waals surface area contributed by atoms with Crippen LogP contribution in [0.2, 0.25) is 0 Å². The van der Waals surface area contributed by atoms with E-state index in [0.717, 1.165) is 26.2 Å². The van der Waals surface area contributed by atoms with Crippen molar-refractivity contribution in [3.05, 3.63) is 22.4 Å². The molecule has 0 aliphatic heterocycles. The Morgan fingerprint density at radius 1 is 1.40 bits per heavy atom. The Bertz CT molecular complexity index is 234. The van der Waals surface area contributed by atoms with Crippen LogP contribution in [0.3, 0.4) is 0 Å². The van der Waals surface area contributed by atoms with Crippen LogP contribution in [-0.2, 0) is 6.54 Å². The highest BCUT2D eigenvalue weighted by Crippen LogP contribution is 2.10. The Hall–Kier alpha value is -0.380.